The van der Waals surface area contributed by atoms with Gasteiger partial charge in [0.25, 0.3) is 0 Å². The lowest BCUT2D eigenvalue weighted by Gasteiger charge is -2.21. The molecule has 0 amide bonds. The van der Waals surface area contributed by atoms with E-state index in [0.29, 0.717) is 37.8 Å². The maximum absolute atomic E-state index is 13.3. The number of sulfonamides is 1. The fraction of sp³-hybridized carbons (Fsp3) is 0.429. The van der Waals surface area contributed by atoms with Gasteiger partial charge in [0, 0.05) is 36.6 Å². The number of rotatable bonds is 3. The lowest BCUT2D eigenvalue weighted by Crippen LogP contribution is -2.33. The Bertz CT molecular complexity index is 1040. The Balaban J connectivity index is 1.33. The zero-order valence-electron chi connectivity index (χ0n) is 16.4. The Morgan fingerprint density at radius 2 is 1.60 bits per heavy atom. The van der Waals surface area contributed by atoms with E-state index < -0.39 is 10.0 Å². The van der Waals surface area contributed by atoms with Crippen molar-refractivity contribution in [3.63, 3.8) is 0 Å². The van der Waals surface area contributed by atoms with Crippen LogP contribution in [0.1, 0.15) is 23.7 Å². The lowest BCUT2D eigenvalue weighted by atomic mass is 10.1. The number of benzene rings is 2. The second-order valence-corrected chi connectivity index (χ2v) is 10.6. The molecule has 0 saturated carbocycles. The van der Waals surface area contributed by atoms with E-state index in [0.717, 1.165) is 35.7 Å². The molecule has 160 valence electrons. The van der Waals surface area contributed by atoms with Gasteiger partial charge in [-0.05, 0) is 36.2 Å². The summed E-state index contributed by atoms with van der Waals surface area (Å²) in [6, 6.07) is 10.9. The van der Waals surface area contributed by atoms with Gasteiger partial charge in [-0.3, -0.25) is 0 Å². The minimum absolute atomic E-state index is 0.212. The Morgan fingerprint density at radius 1 is 0.867 bits per heavy atom. The van der Waals surface area contributed by atoms with Gasteiger partial charge in [0.05, 0.1) is 18.1 Å². The summed E-state index contributed by atoms with van der Waals surface area (Å²) in [4.78, 5) is 0.248. The summed E-state index contributed by atoms with van der Waals surface area (Å²) in [7, 11) is -3.61. The molecule has 1 saturated heterocycles. The van der Waals surface area contributed by atoms with Gasteiger partial charge in [0.1, 0.15) is 0 Å². The Kier molecular flexibility index (Phi) is 5.43. The van der Waals surface area contributed by atoms with Gasteiger partial charge in [0.2, 0.25) is 16.8 Å². The van der Waals surface area contributed by atoms with E-state index >= 15 is 0 Å². The van der Waals surface area contributed by atoms with E-state index in [4.69, 9.17) is 18.9 Å². The summed E-state index contributed by atoms with van der Waals surface area (Å²) in [5, 5.41) is 0.212. The van der Waals surface area contributed by atoms with Gasteiger partial charge < -0.3 is 18.9 Å². The van der Waals surface area contributed by atoms with E-state index in [1.165, 1.54) is 0 Å². The number of thioether (sulfide) groups is 1. The average Bonchev–Trinajstić information content (AvgIpc) is 2.93. The summed E-state index contributed by atoms with van der Waals surface area (Å²) in [5.41, 5.74) is 1.14. The first-order chi connectivity index (χ1) is 14.6. The maximum Gasteiger partial charge on any atom is 0.243 e. The quantitative estimate of drug-likeness (QED) is 0.711. The highest BCUT2D eigenvalue weighted by Gasteiger charge is 2.30. The lowest BCUT2D eigenvalue weighted by molar-refractivity contribution is 0.174. The third-order valence-electron chi connectivity index (χ3n) is 5.43. The molecule has 5 rings (SSSR count). The van der Waals surface area contributed by atoms with Crippen LogP contribution in [0.3, 0.4) is 0 Å². The van der Waals surface area contributed by atoms with Crippen LogP contribution in [-0.2, 0) is 10.0 Å². The van der Waals surface area contributed by atoms with Crippen molar-refractivity contribution in [2.45, 2.75) is 23.0 Å². The minimum Gasteiger partial charge on any atom is -0.490 e. The minimum atomic E-state index is -3.61. The van der Waals surface area contributed by atoms with E-state index in [-0.39, 0.29) is 16.9 Å². The molecule has 7 nitrogen and oxygen atoms in total. The molecule has 9 heteroatoms. The molecule has 0 aliphatic carbocycles. The van der Waals surface area contributed by atoms with Crippen LogP contribution in [0, 0.1) is 0 Å². The molecule has 2 aromatic carbocycles. The zero-order chi connectivity index (χ0) is 20.6. The van der Waals surface area contributed by atoms with Crippen LogP contribution >= 0.6 is 11.8 Å². The second kappa shape index (κ2) is 8.20. The molecule has 1 unspecified atom stereocenters. The molecule has 0 radical (unpaired) electrons. The Labute approximate surface area is 180 Å². The molecule has 0 N–H and O–H groups in total. The van der Waals surface area contributed by atoms with Crippen molar-refractivity contribution in [3.8, 4) is 23.0 Å². The van der Waals surface area contributed by atoms with Gasteiger partial charge in [-0.1, -0.05) is 6.07 Å². The molecule has 0 bridgehead atoms. The molecular weight excluding hydrogens is 426 g/mol. The van der Waals surface area contributed by atoms with Gasteiger partial charge in [-0.15, -0.1) is 0 Å². The molecule has 1 atom stereocenters. The topological polar surface area (TPSA) is 74.3 Å². The van der Waals surface area contributed by atoms with Crippen LogP contribution in [0.15, 0.2) is 41.3 Å². The van der Waals surface area contributed by atoms with Crippen LogP contribution in [0.2, 0.25) is 0 Å². The van der Waals surface area contributed by atoms with Crippen molar-refractivity contribution in [2.75, 3.05) is 38.8 Å². The summed E-state index contributed by atoms with van der Waals surface area (Å²) in [5.74, 6) is 3.34. The van der Waals surface area contributed by atoms with E-state index in [1.54, 1.807) is 34.3 Å². The third kappa shape index (κ3) is 3.81. The van der Waals surface area contributed by atoms with Crippen molar-refractivity contribution < 1.29 is 27.4 Å². The van der Waals surface area contributed by atoms with Crippen LogP contribution < -0.4 is 18.9 Å². The first kappa shape index (κ1) is 19.8. The molecule has 1 fully saturated rings. The van der Waals surface area contributed by atoms with Crippen molar-refractivity contribution in [1.29, 1.82) is 0 Å². The largest absolute Gasteiger partial charge is 0.490 e. The molecular formula is C21H23NO6S2. The first-order valence-corrected chi connectivity index (χ1v) is 12.5. The Morgan fingerprint density at radius 3 is 2.50 bits per heavy atom. The SMILES string of the molecule is O=S(=O)(c1ccc2c(c1)OCCCO2)N1CCSC(c2ccc3c(c2)OCO3)CC1. The molecule has 0 spiro atoms. The summed E-state index contributed by atoms with van der Waals surface area (Å²) in [6.07, 6.45) is 1.51. The van der Waals surface area contributed by atoms with Crippen LogP contribution in [-0.4, -0.2) is 51.6 Å². The normalized spacial score (nSPS) is 21.7. The molecule has 2 aromatic rings. The Hall–Kier alpha value is -2.10. The standard InChI is InChI=1S/C21H23NO6S2/c23-30(24,16-3-5-17-20(13-16)26-10-1-9-25-17)22-7-6-21(29-11-8-22)15-2-4-18-19(12-15)28-14-27-18/h2-5,12-13,21H,1,6-11,14H2. The van der Waals surface area contributed by atoms with Gasteiger partial charge in [-0.25, -0.2) is 8.42 Å². The van der Waals surface area contributed by atoms with Crippen LogP contribution in [0.4, 0.5) is 0 Å². The van der Waals surface area contributed by atoms with Crippen molar-refractivity contribution >= 4 is 21.8 Å². The van der Waals surface area contributed by atoms with Crippen LogP contribution in [0.25, 0.3) is 0 Å². The monoisotopic (exact) mass is 449 g/mol. The van der Waals surface area contributed by atoms with E-state index in [1.807, 2.05) is 18.2 Å². The fourth-order valence-electron chi connectivity index (χ4n) is 3.82. The second-order valence-electron chi connectivity index (χ2n) is 7.32. The number of nitrogens with zero attached hydrogens (tertiary/aromatic N) is 1. The predicted octanol–water partition coefficient (Wildman–Crippen LogP) is 3.45. The maximum atomic E-state index is 13.3. The molecule has 30 heavy (non-hydrogen) atoms. The summed E-state index contributed by atoms with van der Waals surface area (Å²) >= 11 is 1.78. The smallest absolute Gasteiger partial charge is 0.243 e. The van der Waals surface area contributed by atoms with Crippen molar-refractivity contribution in [3.05, 3.63) is 42.0 Å². The van der Waals surface area contributed by atoms with Crippen molar-refractivity contribution in [2.24, 2.45) is 0 Å². The summed E-state index contributed by atoms with van der Waals surface area (Å²) < 4.78 is 50.3. The third-order valence-corrected chi connectivity index (χ3v) is 8.65. The molecule has 3 heterocycles. The molecule has 3 aliphatic heterocycles. The molecule has 0 aromatic heterocycles. The number of hydrogen-bond donors (Lipinski definition) is 0. The fourth-order valence-corrected chi connectivity index (χ4v) is 6.63. The highest BCUT2D eigenvalue weighted by Crippen LogP contribution is 2.41. The summed E-state index contributed by atoms with van der Waals surface area (Å²) in [6.45, 7) is 2.28. The van der Waals surface area contributed by atoms with Gasteiger partial charge in [0.15, 0.2) is 23.0 Å². The molecule has 3 aliphatic rings. The van der Waals surface area contributed by atoms with E-state index in [9.17, 15) is 8.42 Å². The zero-order valence-corrected chi connectivity index (χ0v) is 18.0. The highest BCUT2D eigenvalue weighted by molar-refractivity contribution is 7.99. The van der Waals surface area contributed by atoms with Crippen molar-refractivity contribution in [1.82, 2.24) is 4.31 Å². The number of hydrogen-bond acceptors (Lipinski definition) is 7. The van der Waals surface area contributed by atoms with Gasteiger partial charge >= 0.3 is 0 Å². The first-order valence-electron chi connectivity index (χ1n) is 10.0. The van der Waals surface area contributed by atoms with Crippen LogP contribution in [0.5, 0.6) is 23.0 Å². The average molecular weight is 450 g/mol. The number of ether oxygens (including phenoxy) is 4. The van der Waals surface area contributed by atoms with Gasteiger partial charge in [-0.2, -0.15) is 16.1 Å². The number of fused-ring (bicyclic) bond motifs is 2. The predicted molar refractivity (Wildman–Crippen MR) is 113 cm³/mol. The highest BCUT2D eigenvalue weighted by atomic mass is 32.2. The van der Waals surface area contributed by atoms with E-state index in [2.05, 4.69) is 0 Å².